The lowest BCUT2D eigenvalue weighted by molar-refractivity contribution is 0.141. The zero-order chi connectivity index (χ0) is 16.5. The Balaban J connectivity index is 2.92. The van der Waals surface area contributed by atoms with Gasteiger partial charge in [-0.3, -0.25) is 4.79 Å². The summed E-state index contributed by atoms with van der Waals surface area (Å²) in [6, 6.07) is 1.51. The number of aromatic hydroxyl groups is 1. The number of aryl methyl sites for hydroxylation is 1. The first-order valence-electron chi connectivity index (χ1n) is 8.19. The molecule has 5 heteroatoms. The van der Waals surface area contributed by atoms with Gasteiger partial charge in [-0.15, -0.1) is 0 Å². The van der Waals surface area contributed by atoms with Crippen LogP contribution in [0.15, 0.2) is 10.9 Å². The van der Waals surface area contributed by atoms with Crippen LogP contribution in [0.3, 0.4) is 0 Å². The van der Waals surface area contributed by atoms with Crippen molar-refractivity contribution in [1.82, 2.24) is 9.47 Å². The molecule has 0 aliphatic rings. The molecular weight excluding hydrogens is 280 g/mol. The minimum atomic E-state index is -0.294. The third-order valence-corrected chi connectivity index (χ3v) is 3.79. The van der Waals surface area contributed by atoms with Gasteiger partial charge in [0, 0.05) is 38.1 Å². The molecular formula is C17H30N2O3. The standard InChI is InChI=1S/C17H30N2O3/c1-5-7-9-18(4)13-15-17(21)16(20)12-14(3)19(15)10-8-11-22-6-2/h12,21H,5-11,13H2,1-4H3. The summed E-state index contributed by atoms with van der Waals surface area (Å²) in [6.07, 6.45) is 3.10. The molecule has 1 aromatic rings. The van der Waals surface area contributed by atoms with Crippen LogP contribution in [0.5, 0.6) is 5.75 Å². The largest absolute Gasteiger partial charge is 0.503 e. The summed E-state index contributed by atoms with van der Waals surface area (Å²) < 4.78 is 7.42. The van der Waals surface area contributed by atoms with Crippen LogP contribution in [0.4, 0.5) is 0 Å². The van der Waals surface area contributed by atoms with Crippen molar-refractivity contribution in [3.05, 3.63) is 27.7 Å². The Bertz CT molecular complexity index is 511. The minimum absolute atomic E-state index is 0.120. The van der Waals surface area contributed by atoms with Crippen LogP contribution in [0.25, 0.3) is 0 Å². The molecule has 0 aliphatic heterocycles. The summed E-state index contributed by atoms with van der Waals surface area (Å²) in [5.74, 6) is -0.120. The summed E-state index contributed by atoms with van der Waals surface area (Å²) in [5.41, 5.74) is 1.30. The van der Waals surface area contributed by atoms with Gasteiger partial charge >= 0.3 is 0 Å². The second-order valence-electron chi connectivity index (χ2n) is 5.74. The highest BCUT2D eigenvalue weighted by atomic mass is 16.5. The van der Waals surface area contributed by atoms with Gasteiger partial charge < -0.3 is 19.3 Å². The molecule has 22 heavy (non-hydrogen) atoms. The Labute approximate surface area is 133 Å². The first-order valence-corrected chi connectivity index (χ1v) is 8.19. The monoisotopic (exact) mass is 310 g/mol. The minimum Gasteiger partial charge on any atom is -0.503 e. The van der Waals surface area contributed by atoms with Gasteiger partial charge in [-0.25, -0.2) is 0 Å². The van der Waals surface area contributed by atoms with E-state index in [1.165, 1.54) is 6.07 Å². The van der Waals surface area contributed by atoms with Crippen molar-refractivity contribution in [1.29, 1.82) is 0 Å². The molecule has 0 amide bonds. The smallest absolute Gasteiger partial charge is 0.223 e. The van der Waals surface area contributed by atoms with E-state index in [1.807, 2.05) is 25.5 Å². The Morgan fingerprint density at radius 2 is 2.05 bits per heavy atom. The fourth-order valence-electron chi connectivity index (χ4n) is 2.52. The topological polar surface area (TPSA) is 54.7 Å². The lowest BCUT2D eigenvalue weighted by Crippen LogP contribution is -2.25. The summed E-state index contributed by atoms with van der Waals surface area (Å²) >= 11 is 0. The van der Waals surface area contributed by atoms with Crippen molar-refractivity contribution < 1.29 is 9.84 Å². The molecule has 126 valence electrons. The van der Waals surface area contributed by atoms with Crippen LogP contribution < -0.4 is 5.43 Å². The maximum absolute atomic E-state index is 11.9. The van der Waals surface area contributed by atoms with Crippen LogP contribution in [0, 0.1) is 6.92 Å². The van der Waals surface area contributed by atoms with E-state index < -0.39 is 0 Å². The molecule has 1 aromatic heterocycles. The molecule has 1 heterocycles. The van der Waals surface area contributed by atoms with Crippen molar-refractivity contribution in [3.8, 4) is 5.75 Å². The van der Waals surface area contributed by atoms with Crippen LogP contribution in [-0.4, -0.2) is 41.4 Å². The molecule has 0 saturated heterocycles. The summed E-state index contributed by atoms with van der Waals surface area (Å²) in [7, 11) is 2.02. The molecule has 0 fully saturated rings. The molecule has 0 bridgehead atoms. The zero-order valence-electron chi connectivity index (χ0n) is 14.4. The van der Waals surface area contributed by atoms with E-state index >= 15 is 0 Å². The number of nitrogens with zero attached hydrogens (tertiary/aromatic N) is 2. The maximum atomic E-state index is 11.9. The summed E-state index contributed by atoms with van der Waals surface area (Å²) in [5, 5.41) is 10.2. The number of hydrogen-bond donors (Lipinski definition) is 1. The average molecular weight is 310 g/mol. The first-order chi connectivity index (χ1) is 10.5. The van der Waals surface area contributed by atoms with E-state index in [1.54, 1.807) is 0 Å². The molecule has 0 saturated carbocycles. The lowest BCUT2D eigenvalue weighted by Gasteiger charge is -2.22. The fraction of sp³-hybridized carbons (Fsp3) is 0.706. The highest BCUT2D eigenvalue weighted by Gasteiger charge is 2.14. The Kier molecular flexibility index (Phi) is 8.20. The van der Waals surface area contributed by atoms with Crippen LogP contribution >= 0.6 is 0 Å². The van der Waals surface area contributed by atoms with E-state index in [-0.39, 0.29) is 11.2 Å². The van der Waals surface area contributed by atoms with Gasteiger partial charge in [0.25, 0.3) is 0 Å². The summed E-state index contributed by atoms with van der Waals surface area (Å²) in [6.45, 7) is 9.73. The van der Waals surface area contributed by atoms with Crippen molar-refractivity contribution in [2.45, 2.75) is 53.1 Å². The van der Waals surface area contributed by atoms with Gasteiger partial charge in [0.1, 0.15) is 0 Å². The molecule has 0 radical (unpaired) electrons. The molecule has 0 aromatic carbocycles. The zero-order valence-corrected chi connectivity index (χ0v) is 14.4. The van der Waals surface area contributed by atoms with Gasteiger partial charge in [0.2, 0.25) is 5.43 Å². The molecule has 0 spiro atoms. The van der Waals surface area contributed by atoms with Crippen LogP contribution in [0.2, 0.25) is 0 Å². The normalized spacial score (nSPS) is 11.3. The fourth-order valence-corrected chi connectivity index (χ4v) is 2.52. The van der Waals surface area contributed by atoms with Gasteiger partial charge in [-0.05, 0) is 40.3 Å². The van der Waals surface area contributed by atoms with Crippen molar-refractivity contribution in [2.24, 2.45) is 0 Å². The van der Waals surface area contributed by atoms with E-state index in [0.29, 0.717) is 25.5 Å². The van der Waals surface area contributed by atoms with E-state index in [0.717, 1.165) is 38.0 Å². The molecule has 0 atom stereocenters. The van der Waals surface area contributed by atoms with E-state index in [2.05, 4.69) is 11.8 Å². The van der Waals surface area contributed by atoms with Gasteiger partial charge in [-0.2, -0.15) is 0 Å². The number of hydrogen-bond acceptors (Lipinski definition) is 4. The molecule has 0 unspecified atom stereocenters. The van der Waals surface area contributed by atoms with Crippen LogP contribution in [0.1, 0.15) is 44.5 Å². The summed E-state index contributed by atoms with van der Waals surface area (Å²) in [4.78, 5) is 14.0. The molecule has 1 rings (SSSR count). The quantitative estimate of drug-likeness (QED) is 0.675. The van der Waals surface area contributed by atoms with E-state index in [9.17, 15) is 9.90 Å². The average Bonchev–Trinajstić information content (AvgIpc) is 2.49. The van der Waals surface area contributed by atoms with Gasteiger partial charge in [0.15, 0.2) is 5.75 Å². The number of rotatable bonds is 10. The van der Waals surface area contributed by atoms with Crippen molar-refractivity contribution >= 4 is 0 Å². The van der Waals surface area contributed by atoms with Crippen molar-refractivity contribution in [3.63, 3.8) is 0 Å². The molecule has 1 N–H and O–H groups in total. The van der Waals surface area contributed by atoms with Gasteiger partial charge in [0.05, 0.1) is 5.69 Å². The number of ether oxygens (including phenoxy) is 1. The number of aromatic nitrogens is 1. The highest BCUT2D eigenvalue weighted by molar-refractivity contribution is 5.29. The maximum Gasteiger partial charge on any atom is 0.223 e. The predicted octanol–water partition coefficient (Wildman–Crippen LogP) is 2.52. The number of pyridine rings is 1. The Morgan fingerprint density at radius 1 is 1.32 bits per heavy atom. The highest BCUT2D eigenvalue weighted by Crippen LogP contribution is 2.17. The Hall–Kier alpha value is -1.33. The Morgan fingerprint density at radius 3 is 2.68 bits per heavy atom. The van der Waals surface area contributed by atoms with Crippen LogP contribution in [-0.2, 0) is 17.8 Å². The second-order valence-corrected chi connectivity index (χ2v) is 5.74. The number of unbranched alkanes of at least 4 members (excludes halogenated alkanes) is 1. The second kappa shape index (κ2) is 9.64. The first kappa shape index (κ1) is 18.7. The predicted molar refractivity (Wildman–Crippen MR) is 89.5 cm³/mol. The molecule has 0 aliphatic carbocycles. The lowest BCUT2D eigenvalue weighted by atomic mass is 10.2. The van der Waals surface area contributed by atoms with Crippen molar-refractivity contribution in [2.75, 3.05) is 26.8 Å². The third kappa shape index (κ3) is 5.46. The van der Waals surface area contributed by atoms with E-state index in [4.69, 9.17) is 4.74 Å². The SMILES string of the molecule is CCCCN(C)Cc1c(O)c(=O)cc(C)n1CCCOCC. The third-order valence-electron chi connectivity index (χ3n) is 3.79. The molecule has 5 nitrogen and oxygen atoms in total. The van der Waals surface area contributed by atoms with Gasteiger partial charge in [-0.1, -0.05) is 13.3 Å².